The lowest BCUT2D eigenvalue weighted by molar-refractivity contribution is 0.0953. The average molecular weight is 287 g/mol. The molecule has 4 heteroatoms. The van der Waals surface area contributed by atoms with Crippen molar-refractivity contribution < 1.29 is 4.79 Å². The van der Waals surface area contributed by atoms with Crippen LogP contribution in [0.5, 0.6) is 0 Å². The fourth-order valence-corrected chi connectivity index (χ4v) is 2.68. The first kappa shape index (κ1) is 15.6. The van der Waals surface area contributed by atoms with Gasteiger partial charge in [0, 0.05) is 25.2 Å². The second-order valence-electron chi connectivity index (χ2n) is 5.31. The van der Waals surface area contributed by atoms with Gasteiger partial charge in [0.15, 0.2) is 0 Å². The van der Waals surface area contributed by atoms with Gasteiger partial charge in [-0.25, -0.2) is 0 Å². The number of fused-ring (bicyclic) bond motifs is 1. The first-order valence-electron chi connectivity index (χ1n) is 7.72. The van der Waals surface area contributed by atoms with Crippen LogP contribution < -0.4 is 5.32 Å². The first-order valence-corrected chi connectivity index (χ1v) is 7.72. The Morgan fingerprint density at radius 1 is 1.24 bits per heavy atom. The number of hydrogen-bond donors (Lipinski definition) is 1. The minimum Gasteiger partial charge on any atom is -0.352 e. The smallest absolute Gasteiger partial charge is 0.253 e. The van der Waals surface area contributed by atoms with Gasteiger partial charge in [-0.15, -0.1) is 0 Å². The number of benzene rings is 1. The Labute approximate surface area is 126 Å². The maximum Gasteiger partial charge on any atom is 0.253 e. The molecule has 0 saturated heterocycles. The van der Waals surface area contributed by atoms with Gasteiger partial charge < -0.3 is 14.8 Å². The molecule has 114 valence electrons. The number of amides is 1. The number of carbonyl (C=O) groups is 1. The summed E-state index contributed by atoms with van der Waals surface area (Å²) in [5.41, 5.74) is 1.75. The van der Waals surface area contributed by atoms with Gasteiger partial charge in [-0.3, -0.25) is 4.79 Å². The van der Waals surface area contributed by atoms with Crippen molar-refractivity contribution in [3.8, 4) is 0 Å². The molecule has 0 aliphatic heterocycles. The third kappa shape index (κ3) is 3.64. The molecule has 1 aromatic carbocycles. The van der Waals surface area contributed by atoms with Crippen LogP contribution in [0.15, 0.2) is 30.5 Å². The molecule has 0 atom stereocenters. The van der Waals surface area contributed by atoms with Crippen LogP contribution in [0.25, 0.3) is 10.9 Å². The second-order valence-corrected chi connectivity index (χ2v) is 5.31. The molecule has 1 amide bonds. The standard InChI is InChI=1S/C17H25N3O/c1-4-20(5-2)12-7-11-18-17(21)15-9-6-8-14-10-13-19(3)16(14)15/h6,8-10,13H,4-5,7,11-12H2,1-3H3,(H,18,21). The van der Waals surface area contributed by atoms with E-state index >= 15 is 0 Å². The fourth-order valence-electron chi connectivity index (χ4n) is 2.68. The maximum atomic E-state index is 12.4. The molecular formula is C17H25N3O. The summed E-state index contributed by atoms with van der Waals surface area (Å²) >= 11 is 0. The van der Waals surface area contributed by atoms with Crippen molar-refractivity contribution in [2.75, 3.05) is 26.2 Å². The summed E-state index contributed by atoms with van der Waals surface area (Å²) < 4.78 is 2.00. The zero-order valence-corrected chi connectivity index (χ0v) is 13.2. The maximum absolute atomic E-state index is 12.4. The number of aromatic nitrogens is 1. The van der Waals surface area contributed by atoms with Crippen molar-refractivity contribution >= 4 is 16.8 Å². The molecule has 1 heterocycles. The zero-order valence-electron chi connectivity index (χ0n) is 13.2. The lowest BCUT2D eigenvalue weighted by atomic mass is 10.1. The van der Waals surface area contributed by atoms with Crippen LogP contribution in [-0.2, 0) is 7.05 Å². The Kier molecular flexibility index (Phi) is 5.39. The Balaban J connectivity index is 1.95. The number of rotatable bonds is 7. The molecule has 1 N–H and O–H groups in total. The Morgan fingerprint density at radius 3 is 2.71 bits per heavy atom. The SMILES string of the molecule is CCN(CC)CCCNC(=O)c1cccc2ccn(C)c12. The molecule has 0 unspecified atom stereocenters. The predicted octanol–water partition coefficient (Wildman–Crippen LogP) is 2.64. The van der Waals surface area contributed by atoms with Gasteiger partial charge in [0.05, 0.1) is 11.1 Å². The first-order chi connectivity index (χ1) is 10.2. The van der Waals surface area contributed by atoms with Gasteiger partial charge in [0.25, 0.3) is 5.91 Å². The summed E-state index contributed by atoms with van der Waals surface area (Å²) in [6, 6.07) is 7.90. The van der Waals surface area contributed by atoms with E-state index in [1.807, 2.05) is 42.1 Å². The molecule has 2 rings (SSSR count). The second kappa shape index (κ2) is 7.27. The molecule has 0 bridgehead atoms. The molecule has 21 heavy (non-hydrogen) atoms. The van der Waals surface area contributed by atoms with Crippen molar-refractivity contribution in [1.82, 2.24) is 14.8 Å². The van der Waals surface area contributed by atoms with E-state index in [2.05, 4.69) is 24.1 Å². The summed E-state index contributed by atoms with van der Waals surface area (Å²) in [7, 11) is 1.97. The highest BCUT2D eigenvalue weighted by Gasteiger charge is 2.11. The van der Waals surface area contributed by atoms with Gasteiger partial charge in [0.1, 0.15) is 0 Å². The van der Waals surface area contributed by atoms with E-state index in [-0.39, 0.29) is 5.91 Å². The quantitative estimate of drug-likeness (QED) is 0.795. The van der Waals surface area contributed by atoms with Crippen LogP contribution in [-0.4, -0.2) is 41.6 Å². The van der Waals surface area contributed by atoms with E-state index in [0.29, 0.717) is 0 Å². The largest absolute Gasteiger partial charge is 0.352 e. The van der Waals surface area contributed by atoms with Gasteiger partial charge in [-0.05, 0) is 38.2 Å². The summed E-state index contributed by atoms with van der Waals surface area (Å²) in [5, 5.41) is 4.14. The van der Waals surface area contributed by atoms with E-state index < -0.39 is 0 Å². The van der Waals surface area contributed by atoms with Crippen LogP contribution in [0.1, 0.15) is 30.6 Å². The lowest BCUT2D eigenvalue weighted by Gasteiger charge is -2.17. The van der Waals surface area contributed by atoms with Crippen LogP contribution in [0.4, 0.5) is 0 Å². The number of aryl methyl sites for hydroxylation is 1. The number of para-hydroxylation sites is 1. The van der Waals surface area contributed by atoms with E-state index in [9.17, 15) is 4.79 Å². The van der Waals surface area contributed by atoms with Crippen LogP contribution in [0.3, 0.4) is 0 Å². The van der Waals surface area contributed by atoms with Gasteiger partial charge in [-0.1, -0.05) is 26.0 Å². The Morgan fingerprint density at radius 2 is 2.00 bits per heavy atom. The van der Waals surface area contributed by atoms with E-state index in [0.717, 1.165) is 49.1 Å². The third-order valence-corrected chi connectivity index (χ3v) is 3.97. The summed E-state index contributed by atoms with van der Waals surface area (Å²) in [4.78, 5) is 14.7. The Hall–Kier alpha value is -1.81. The molecule has 4 nitrogen and oxygen atoms in total. The van der Waals surface area contributed by atoms with Crippen molar-refractivity contribution in [2.24, 2.45) is 7.05 Å². The number of nitrogens with zero attached hydrogens (tertiary/aromatic N) is 2. The summed E-state index contributed by atoms with van der Waals surface area (Å²) in [6.07, 6.45) is 2.97. The fraction of sp³-hybridized carbons (Fsp3) is 0.471. The topological polar surface area (TPSA) is 37.3 Å². The Bertz CT molecular complexity index is 599. The highest BCUT2D eigenvalue weighted by atomic mass is 16.1. The van der Waals surface area contributed by atoms with E-state index in [4.69, 9.17) is 0 Å². The van der Waals surface area contributed by atoms with Gasteiger partial charge >= 0.3 is 0 Å². The third-order valence-electron chi connectivity index (χ3n) is 3.97. The van der Waals surface area contributed by atoms with Gasteiger partial charge in [0.2, 0.25) is 0 Å². The molecule has 0 aliphatic rings. The van der Waals surface area contributed by atoms with Crippen molar-refractivity contribution in [3.05, 3.63) is 36.0 Å². The molecule has 0 spiro atoms. The highest BCUT2D eigenvalue weighted by molar-refractivity contribution is 6.05. The molecule has 0 aliphatic carbocycles. The van der Waals surface area contributed by atoms with E-state index in [1.54, 1.807) is 0 Å². The number of nitrogens with one attached hydrogen (secondary N) is 1. The summed E-state index contributed by atoms with van der Waals surface area (Å²) in [5.74, 6) is 0.0157. The molecule has 0 radical (unpaired) electrons. The number of carbonyl (C=O) groups excluding carboxylic acids is 1. The molecular weight excluding hydrogens is 262 g/mol. The molecule has 0 fully saturated rings. The number of hydrogen-bond acceptors (Lipinski definition) is 2. The molecule has 0 saturated carbocycles. The lowest BCUT2D eigenvalue weighted by Crippen LogP contribution is -2.30. The minimum absolute atomic E-state index is 0.0157. The average Bonchev–Trinajstić information content (AvgIpc) is 2.89. The normalized spacial score (nSPS) is 11.2. The van der Waals surface area contributed by atoms with Crippen molar-refractivity contribution in [3.63, 3.8) is 0 Å². The van der Waals surface area contributed by atoms with Gasteiger partial charge in [-0.2, -0.15) is 0 Å². The van der Waals surface area contributed by atoms with Crippen molar-refractivity contribution in [2.45, 2.75) is 20.3 Å². The van der Waals surface area contributed by atoms with Crippen molar-refractivity contribution in [1.29, 1.82) is 0 Å². The van der Waals surface area contributed by atoms with E-state index in [1.165, 1.54) is 0 Å². The predicted molar refractivity (Wildman–Crippen MR) is 87.7 cm³/mol. The summed E-state index contributed by atoms with van der Waals surface area (Å²) in [6.45, 7) is 8.20. The minimum atomic E-state index is 0.0157. The molecule has 1 aromatic heterocycles. The molecule has 2 aromatic rings. The monoisotopic (exact) mass is 287 g/mol. The zero-order chi connectivity index (χ0) is 15.2. The van der Waals surface area contributed by atoms with Crippen LogP contribution in [0.2, 0.25) is 0 Å². The van der Waals surface area contributed by atoms with Crippen LogP contribution >= 0.6 is 0 Å². The highest BCUT2D eigenvalue weighted by Crippen LogP contribution is 2.19. The van der Waals surface area contributed by atoms with Crippen LogP contribution in [0, 0.1) is 0 Å².